The van der Waals surface area contributed by atoms with Crippen LogP contribution in [0.2, 0.25) is 0 Å². The molecular weight excluding hydrogens is 302 g/mol. The number of carbonyl (C=O) groups excluding carboxylic acids is 1. The van der Waals surface area contributed by atoms with E-state index >= 15 is 0 Å². The zero-order valence-corrected chi connectivity index (χ0v) is 13.6. The highest BCUT2D eigenvalue weighted by Gasteiger charge is 2.27. The minimum absolute atomic E-state index is 0.0276. The Balaban J connectivity index is 1.71. The van der Waals surface area contributed by atoms with Gasteiger partial charge in [0.05, 0.1) is 23.4 Å². The molecule has 1 N–H and O–H groups in total. The standard InChI is InChI=1S/C18H19N5O/c1-13-4-2-6-17(21-13)22-18(24)15-5-3-9-23(12-15)16-11-20-8-7-14(16)10-19/h2,4,6-8,11,15H,3,5,9,12H2,1H3,(H,21,22,24). The van der Waals surface area contributed by atoms with Gasteiger partial charge in [-0.3, -0.25) is 9.78 Å². The third-order valence-electron chi connectivity index (χ3n) is 4.19. The third kappa shape index (κ3) is 3.51. The summed E-state index contributed by atoms with van der Waals surface area (Å²) in [5.41, 5.74) is 2.25. The average molecular weight is 321 g/mol. The molecule has 2 aromatic rings. The van der Waals surface area contributed by atoms with Gasteiger partial charge in [-0.15, -0.1) is 0 Å². The molecule has 6 heteroatoms. The number of piperidine rings is 1. The Labute approximate surface area is 141 Å². The summed E-state index contributed by atoms with van der Waals surface area (Å²) in [5.74, 6) is 0.421. The molecule has 2 aromatic heterocycles. The van der Waals surface area contributed by atoms with Crippen molar-refractivity contribution >= 4 is 17.4 Å². The maximum atomic E-state index is 12.6. The van der Waals surface area contributed by atoms with Gasteiger partial charge in [0.2, 0.25) is 5.91 Å². The summed E-state index contributed by atoms with van der Waals surface area (Å²) in [7, 11) is 0. The van der Waals surface area contributed by atoms with Crippen LogP contribution >= 0.6 is 0 Å². The zero-order chi connectivity index (χ0) is 16.9. The third-order valence-corrected chi connectivity index (χ3v) is 4.19. The predicted molar refractivity (Wildman–Crippen MR) is 91.5 cm³/mol. The molecule has 0 aliphatic carbocycles. The molecule has 1 saturated heterocycles. The van der Waals surface area contributed by atoms with Crippen LogP contribution in [0.3, 0.4) is 0 Å². The number of nitrogens with one attached hydrogen (secondary N) is 1. The number of aryl methyl sites for hydroxylation is 1. The van der Waals surface area contributed by atoms with Crippen LogP contribution in [-0.4, -0.2) is 29.0 Å². The number of pyridine rings is 2. The molecular formula is C18H19N5O. The smallest absolute Gasteiger partial charge is 0.230 e. The summed E-state index contributed by atoms with van der Waals surface area (Å²) in [6, 6.07) is 9.45. The van der Waals surface area contributed by atoms with E-state index in [-0.39, 0.29) is 11.8 Å². The maximum absolute atomic E-state index is 12.6. The summed E-state index contributed by atoms with van der Waals surface area (Å²) in [4.78, 5) is 23.1. The minimum Gasteiger partial charge on any atom is -0.368 e. The lowest BCUT2D eigenvalue weighted by atomic mass is 9.96. The Bertz CT molecular complexity index is 783. The molecule has 0 spiro atoms. The van der Waals surface area contributed by atoms with Crippen molar-refractivity contribution in [3.8, 4) is 6.07 Å². The van der Waals surface area contributed by atoms with E-state index in [0.717, 1.165) is 30.8 Å². The van der Waals surface area contributed by atoms with Gasteiger partial charge in [-0.2, -0.15) is 5.26 Å². The van der Waals surface area contributed by atoms with Gasteiger partial charge in [0.15, 0.2) is 0 Å². The Morgan fingerprint density at radius 3 is 3.08 bits per heavy atom. The van der Waals surface area contributed by atoms with E-state index in [1.165, 1.54) is 0 Å². The lowest BCUT2D eigenvalue weighted by Crippen LogP contribution is -2.41. The molecule has 3 heterocycles. The molecule has 0 bridgehead atoms. The van der Waals surface area contributed by atoms with Crippen LogP contribution in [0.15, 0.2) is 36.7 Å². The first-order valence-corrected chi connectivity index (χ1v) is 8.01. The molecule has 1 aliphatic rings. The molecule has 1 amide bonds. The largest absolute Gasteiger partial charge is 0.368 e. The van der Waals surface area contributed by atoms with Gasteiger partial charge < -0.3 is 10.2 Å². The molecule has 0 radical (unpaired) electrons. The number of carbonyl (C=O) groups is 1. The van der Waals surface area contributed by atoms with Crippen molar-refractivity contribution in [1.82, 2.24) is 9.97 Å². The molecule has 6 nitrogen and oxygen atoms in total. The fraction of sp³-hybridized carbons (Fsp3) is 0.333. The predicted octanol–water partition coefficient (Wildman–Crippen LogP) is 2.51. The Morgan fingerprint density at radius 1 is 1.42 bits per heavy atom. The Hall–Kier alpha value is -2.94. The lowest BCUT2D eigenvalue weighted by Gasteiger charge is -2.33. The molecule has 0 saturated carbocycles. The van der Waals surface area contributed by atoms with Gasteiger partial charge >= 0.3 is 0 Å². The highest BCUT2D eigenvalue weighted by atomic mass is 16.2. The van der Waals surface area contributed by atoms with Gasteiger partial charge in [-0.1, -0.05) is 6.07 Å². The molecule has 1 aliphatic heterocycles. The fourth-order valence-corrected chi connectivity index (χ4v) is 2.98. The molecule has 0 aromatic carbocycles. The summed E-state index contributed by atoms with van der Waals surface area (Å²) < 4.78 is 0. The van der Waals surface area contributed by atoms with Gasteiger partial charge in [0, 0.05) is 25.0 Å². The average Bonchev–Trinajstić information content (AvgIpc) is 2.62. The fourth-order valence-electron chi connectivity index (χ4n) is 2.98. The minimum atomic E-state index is -0.132. The number of amides is 1. The Kier molecular flexibility index (Phi) is 4.71. The number of nitriles is 1. The number of hydrogen-bond donors (Lipinski definition) is 1. The molecule has 1 atom stereocenters. The molecule has 24 heavy (non-hydrogen) atoms. The molecule has 1 unspecified atom stereocenters. The number of hydrogen-bond acceptors (Lipinski definition) is 5. The van der Waals surface area contributed by atoms with Crippen LogP contribution in [0.5, 0.6) is 0 Å². The Morgan fingerprint density at radius 2 is 2.29 bits per heavy atom. The van der Waals surface area contributed by atoms with E-state index in [4.69, 9.17) is 0 Å². The summed E-state index contributed by atoms with van der Waals surface area (Å²) in [5, 5.41) is 12.1. The SMILES string of the molecule is Cc1cccc(NC(=O)C2CCCN(c3cnccc3C#N)C2)n1. The number of anilines is 2. The quantitative estimate of drug-likeness (QED) is 0.939. The van der Waals surface area contributed by atoms with E-state index in [1.54, 1.807) is 24.5 Å². The van der Waals surface area contributed by atoms with Gasteiger partial charge in [0.25, 0.3) is 0 Å². The highest BCUT2D eigenvalue weighted by molar-refractivity contribution is 5.92. The molecule has 3 rings (SSSR count). The summed E-state index contributed by atoms with van der Waals surface area (Å²) in [6.07, 6.45) is 5.04. The van der Waals surface area contributed by atoms with Crippen LogP contribution < -0.4 is 10.2 Å². The molecule has 1 fully saturated rings. The second-order valence-electron chi connectivity index (χ2n) is 5.94. The van der Waals surface area contributed by atoms with E-state index in [1.807, 2.05) is 19.1 Å². The van der Waals surface area contributed by atoms with Crippen molar-refractivity contribution in [2.75, 3.05) is 23.3 Å². The van der Waals surface area contributed by atoms with Crippen LogP contribution in [0, 0.1) is 24.2 Å². The second-order valence-corrected chi connectivity index (χ2v) is 5.94. The van der Waals surface area contributed by atoms with Gasteiger partial charge in [0.1, 0.15) is 11.9 Å². The van der Waals surface area contributed by atoms with Crippen LogP contribution in [0.4, 0.5) is 11.5 Å². The van der Waals surface area contributed by atoms with Gasteiger partial charge in [-0.25, -0.2) is 4.98 Å². The van der Waals surface area contributed by atoms with E-state index < -0.39 is 0 Å². The summed E-state index contributed by atoms with van der Waals surface area (Å²) in [6.45, 7) is 3.30. The monoisotopic (exact) mass is 321 g/mol. The number of aromatic nitrogens is 2. The second kappa shape index (κ2) is 7.09. The first kappa shape index (κ1) is 15.9. The van der Waals surface area contributed by atoms with E-state index in [2.05, 4.69) is 26.3 Å². The van der Waals surface area contributed by atoms with Crippen LogP contribution in [-0.2, 0) is 4.79 Å². The normalized spacial score (nSPS) is 17.2. The van der Waals surface area contributed by atoms with Crippen molar-refractivity contribution in [1.29, 1.82) is 5.26 Å². The topological polar surface area (TPSA) is 81.9 Å². The van der Waals surface area contributed by atoms with E-state index in [9.17, 15) is 10.1 Å². The van der Waals surface area contributed by atoms with Crippen molar-refractivity contribution < 1.29 is 4.79 Å². The lowest BCUT2D eigenvalue weighted by molar-refractivity contribution is -0.120. The van der Waals surface area contributed by atoms with Crippen molar-refractivity contribution in [2.45, 2.75) is 19.8 Å². The van der Waals surface area contributed by atoms with Crippen molar-refractivity contribution in [3.05, 3.63) is 47.9 Å². The number of nitrogens with zero attached hydrogens (tertiary/aromatic N) is 4. The van der Waals surface area contributed by atoms with Gasteiger partial charge in [-0.05, 0) is 38.0 Å². The summed E-state index contributed by atoms with van der Waals surface area (Å²) >= 11 is 0. The zero-order valence-electron chi connectivity index (χ0n) is 13.6. The van der Waals surface area contributed by atoms with Crippen molar-refractivity contribution in [3.63, 3.8) is 0 Å². The van der Waals surface area contributed by atoms with E-state index in [0.29, 0.717) is 17.9 Å². The molecule has 122 valence electrons. The first-order valence-electron chi connectivity index (χ1n) is 8.01. The highest BCUT2D eigenvalue weighted by Crippen LogP contribution is 2.26. The maximum Gasteiger partial charge on any atom is 0.230 e. The van der Waals surface area contributed by atoms with Crippen molar-refractivity contribution in [2.24, 2.45) is 5.92 Å². The van der Waals surface area contributed by atoms with Crippen LogP contribution in [0.1, 0.15) is 24.1 Å². The first-order chi connectivity index (χ1) is 11.7. The number of rotatable bonds is 3. The van der Waals surface area contributed by atoms with Crippen LogP contribution in [0.25, 0.3) is 0 Å².